The maximum atomic E-state index is 11.8. The highest BCUT2D eigenvalue weighted by Crippen LogP contribution is 2.19. The van der Waals surface area contributed by atoms with Crippen LogP contribution in [0.5, 0.6) is 0 Å². The molecule has 1 N–H and O–H groups in total. The lowest BCUT2D eigenvalue weighted by Crippen LogP contribution is -2.13. The first-order chi connectivity index (χ1) is 7.51. The maximum Gasteiger partial charge on any atom is 0.178 e. The molecule has 0 aromatic heterocycles. The van der Waals surface area contributed by atoms with E-state index >= 15 is 0 Å². The summed E-state index contributed by atoms with van der Waals surface area (Å²) in [4.78, 5) is 0.352. The lowest BCUT2D eigenvalue weighted by Gasteiger charge is -2.12. The van der Waals surface area contributed by atoms with Gasteiger partial charge in [-0.1, -0.05) is 32.0 Å². The number of aliphatic hydroxyl groups is 1. The summed E-state index contributed by atoms with van der Waals surface area (Å²) in [5.41, 5.74) is 0.707. The molecule has 0 aliphatic carbocycles. The van der Waals surface area contributed by atoms with Crippen LogP contribution < -0.4 is 0 Å². The van der Waals surface area contributed by atoms with E-state index in [1.54, 1.807) is 31.2 Å². The van der Waals surface area contributed by atoms with Crippen LogP contribution in [0.1, 0.15) is 25.8 Å². The Labute approximate surface area is 97.0 Å². The summed E-state index contributed by atoms with van der Waals surface area (Å²) < 4.78 is 23.6. The molecule has 1 aromatic carbocycles. The minimum atomic E-state index is -3.19. The molecule has 1 unspecified atom stereocenters. The molecule has 16 heavy (non-hydrogen) atoms. The number of benzene rings is 1. The molecule has 1 atom stereocenters. The van der Waals surface area contributed by atoms with Gasteiger partial charge in [0.2, 0.25) is 0 Å². The maximum absolute atomic E-state index is 11.8. The van der Waals surface area contributed by atoms with Crippen LogP contribution in [0.25, 0.3) is 0 Å². The van der Waals surface area contributed by atoms with Crippen molar-refractivity contribution in [1.29, 1.82) is 0 Å². The Balaban J connectivity index is 3.11. The van der Waals surface area contributed by atoms with E-state index in [0.29, 0.717) is 23.3 Å². The molecule has 0 radical (unpaired) electrons. The largest absolute Gasteiger partial charge is 0.393 e. The first-order valence-corrected chi connectivity index (χ1v) is 7.15. The molecular formula is C12H18O3S. The molecule has 0 saturated carbocycles. The van der Waals surface area contributed by atoms with E-state index in [2.05, 4.69) is 0 Å². The number of hydrogen-bond donors (Lipinski definition) is 1. The fourth-order valence-electron chi connectivity index (χ4n) is 1.53. The van der Waals surface area contributed by atoms with Crippen molar-refractivity contribution in [3.63, 3.8) is 0 Å². The zero-order valence-electron chi connectivity index (χ0n) is 9.68. The van der Waals surface area contributed by atoms with E-state index in [0.717, 1.165) is 0 Å². The Morgan fingerprint density at radius 2 is 1.88 bits per heavy atom. The molecule has 0 fully saturated rings. The predicted octanol–water partition coefficient (Wildman–Crippen LogP) is 1.79. The van der Waals surface area contributed by atoms with Gasteiger partial charge in [-0.2, -0.15) is 0 Å². The summed E-state index contributed by atoms with van der Waals surface area (Å²) >= 11 is 0. The quantitative estimate of drug-likeness (QED) is 0.856. The number of rotatable bonds is 5. The Morgan fingerprint density at radius 1 is 1.25 bits per heavy atom. The van der Waals surface area contributed by atoms with Gasteiger partial charge >= 0.3 is 0 Å². The molecule has 90 valence electrons. The fourth-order valence-corrected chi connectivity index (χ4v) is 2.68. The smallest absolute Gasteiger partial charge is 0.178 e. The van der Waals surface area contributed by atoms with Crippen LogP contribution >= 0.6 is 0 Å². The average molecular weight is 242 g/mol. The lowest BCUT2D eigenvalue weighted by molar-refractivity contribution is 0.170. The second-order valence-corrected chi connectivity index (χ2v) is 6.02. The van der Waals surface area contributed by atoms with Gasteiger partial charge in [0.1, 0.15) is 0 Å². The van der Waals surface area contributed by atoms with Crippen molar-refractivity contribution in [3.05, 3.63) is 29.8 Å². The van der Waals surface area contributed by atoms with Crippen molar-refractivity contribution in [1.82, 2.24) is 0 Å². The Morgan fingerprint density at radius 3 is 2.44 bits per heavy atom. The van der Waals surface area contributed by atoms with E-state index in [1.165, 1.54) is 0 Å². The fraction of sp³-hybridized carbons (Fsp3) is 0.500. The second kappa shape index (κ2) is 5.46. The summed E-state index contributed by atoms with van der Waals surface area (Å²) in [6, 6.07) is 6.88. The lowest BCUT2D eigenvalue weighted by atomic mass is 10.1. The zero-order valence-corrected chi connectivity index (χ0v) is 10.5. The van der Waals surface area contributed by atoms with Gasteiger partial charge < -0.3 is 5.11 Å². The van der Waals surface area contributed by atoms with E-state index in [-0.39, 0.29) is 5.75 Å². The topological polar surface area (TPSA) is 54.4 Å². The third-order valence-electron chi connectivity index (χ3n) is 2.61. The van der Waals surface area contributed by atoms with Gasteiger partial charge in [0, 0.05) is 0 Å². The van der Waals surface area contributed by atoms with Crippen LogP contribution in [0.4, 0.5) is 0 Å². The average Bonchev–Trinajstić information content (AvgIpc) is 2.29. The van der Waals surface area contributed by atoms with Crippen LogP contribution in [0.3, 0.4) is 0 Å². The molecule has 0 amide bonds. The van der Waals surface area contributed by atoms with Crippen molar-refractivity contribution < 1.29 is 13.5 Å². The summed E-state index contributed by atoms with van der Waals surface area (Å²) in [7, 11) is -3.19. The van der Waals surface area contributed by atoms with E-state index in [1.807, 2.05) is 6.92 Å². The van der Waals surface area contributed by atoms with Crippen LogP contribution in [-0.4, -0.2) is 25.4 Å². The van der Waals surface area contributed by atoms with E-state index in [9.17, 15) is 13.5 Å². The molecule has 3 nitrogen and oxygen atoms in total. The van der Waals surface area contributed by atoms with Crippen molar-refractivity contribution >= 4 is 9.84 Å². The summed E-state index contributed by atoms with van der Waals surface area (Å²) in [5, 5.41) is 9.58. The molecular weight excluding hydrogens is 224 g/mol. The number of sulfone groups is 1. The van der Waals surface area contributed by atoms with Crippen molar-refractivity contribution in [3.8, 4) is 0 Å². The van der Waals surface area contributed by atoms with Gasteiger partial charge in [-0.25, -0.2) is 8.42 Å². The van der Waals surface area contributed by atoms with E-state index in [4.69, 9.17) is 0 Å². The Bertz CT molecular complexity index is 437. The Kier molecular flexibility index (Phi) is 4.50. The Hall–Kier alpha value is -0.870. The number of aliphatic hydroxyl groups excluding tert-OH is 1. The van der Waals surface area contributed by atoms with Crippen LogP contribution in [0.2, 0.25) is 0 Å². The molecule has 0 aliphatic heterocycles. The standard InChI is InChI=1S/C12H18O3S/c1-3-11(13)9-10-7-5-6-8-12(10)16(14,15)4-2/h5-8,11,13H,3-4,9H2,1-2H3. The van der Waals surface area contributed by atoms with Crippen molar-refractivity contribution in [2.75, 3.05) is 5.75 Å². The minimum absolute atomic E-state index is 0.0895. The van der Waals surface area contributed by atoms with Gasteiger partial charge in [0.05, 0.1) is 16.8 Å². The van der Waals surface area contributed by atoms with Crippen LogP contribution in [0, 0.1) is 0 Å². The first-order valence-electron chi connectivity index (χ1n) is 5.50. The highest BCUT2D eigenvalue weighted by molar-refractivity contribution is 7.91. The van der Waals surface area contributed by atoms with Crippen molar-refractivity contribution in [2.24, 2.45) is 0 Å². The molecule has 0 heterocycles. The normalized spacial score (nSPS) is 13.7. The molecule has 0 aliphatic rings. The summed E-state index contributed by atoms with van der Waals surface area (Å²) in [5.74, 6) is 0.0895. The zero-order chi connectivity index (χ0) is 12.2. The summed E-state index contributed by atoms with van der Waals surface area (Å²) in [6.07, 6.45) is 0.542. The highest BCUT2D eigenvalue weighted by Gasteiger charge is 2.17. The molecule has 1 rings (SSSR count). The van der Waals surface area contributed by atoms with Crippen molar-refractivity contribution in [2.45, 2.75) is 37.7 Å². The third kappa shape index (κ3) is 3.06. The molecule has 0 bridgehead atoms. The van der Waals surface area contributed by atoms with Gasteiger partial charge in [-0.15, -0.1) is 0 Å². The highest BCUT2D eigenvalue weighted by atomic mass is 32.2. The monoisotopic (exact) mass is 242 g/mol. The van der Waals surface area contributed by atoms with Gasteiger partial charge in [-0.3, -0.25) is 0 Å². The van der Waals surface area contributed by atoms with Crippen LogP contribution in [0.15, 0.2) is 29.2 Å². The minimum Gasteiger partial charge on any atom is -0.393 e. The van der Waals surface area contributed by atoms with Gasteiger partial charge in [-0.05, 0) is 24.5 Å². The molecule has 4 heteroatoms. The molecule has 0 spiro atoms. The van der Waals surface area contributed by atoms with Gasteiger partial charge in [0.25, 0.3) is 0 Å². The van der Waals surface area contributed by atoms with Crippen LogP contribution in [-0.2, 0) is 16.3 Å². The summed E-state index contributed by atoms with van der Waals surface area (Å²) in [6.45, 7) is 3.50. The number of hydrogen-bond acceptors (Lipinski definition) is 3. The molecule has 0 saturated heterocycles. The second-order valence-electron chi connectivity index (χ2n) is 3.78. The SMILES string of the molecule is CCC(O)Cc1ccccc1S(=O)(=O)CC. The van der Waals surface area contributed by atoms with Gasteiger partial charge in [0.15, 0.2) is 9.84 Å². The predicted molar refractivity (Wildman–Crippen MR) is 64.2 cm³/mol. The van der Waals surface area contributed by atoms with E-state index < -0.39 is 15.9 Å². The molecule has 1 aromatic rings. The third-order valence-corrected chi connectivity index (χ3v) is 4.44. The first kappa shape index (κ1) is 13.2.